The highest BCUT2D eigenvalue weighted by atomic mass is 16.5. The van der Waals surface area contributed by atoms with Crippen molar-refractivity contribution in [1.29, 1.82) is 0 Å². The van der Waals surface area contributed by atoms with Gasteiger partial charge in [-0.2, -0.15) is 0 Å². The van der Waals surface area contributed by atoms with Crippen LogP contribution >= 0.6 is 0 Å². The molecule has 1 aliphatic rings. The highest BCUT2D eigenvalue weighted by molar-refractivity contribution is 5.81. The first-order chi connectivity index (χ1) is 14.1. The van der Waals surface area contributed by atoms with Crippen LogP contribution in [-0.2, 0) is 25.6 Å². The van der Waals surface area contributed by atoms with Gasteiger partial charge in [0, 0.05) is 38.7 Å². The number of nitrogens with zero attached hydrogens (tertiary/aromatic N) is 2. The van der Waals surface area contributed by atoms with Crippen molar-refractivity contribution in [2.24, 2.45) is 5.92 Å². The molecule has 1 aliphatic heterocycles. The first-order valence-corrected chi connectivity index (χ1v) is 10.2. The molecule has 0 radical (unpaired) electrons. The Balaban J connectivity index is 1.83. The number of hydrogen-bond acceptors (Lipinski definition) is 6. The van der Waals surface area contributed by atoms with Gasteiger partial charge in [0.15, 0.2) is 0 Å². The molecule has 0 saturated carbocycles. The van der Waals surface area contributed by atoms with Crippen molar-refractivity contribution >= 4 is 11.9 Å². The molecule has 29 heavy (non-hydrogen) atoms. The molecule has 0 N–H and O–H groups in total. The molecule has 0 spiro atoms. The third kappa shape index (κ3) is 7.66. The molecule has 0 aromatic heterocycles. The lowest BCUT2D eigenvalue weighted by Crippen LogP contribution is -2.42. The maximum absolute atomic E-state index is 12.6. The van der Waals surface area contributed by atoms with Crippen LogP contribution in [-0.4, -0.2) is 75.8 Å². The fourth-order valence-electron chi connectivity index (χ4n) is 3.70. The fourth-order valence-corrected chi connectivity index (χ4v) is 3.70. The Hall–Kier alpha value is -2.12. The average molecular weight is 407 g/mol. The Kier molecular flexibility index (Phi) is 9.94. The summed E-state index contributed by atoms with van der Waals surface area (Å²) in [6.07, 6.45) is 2.39. The van der Waals surface area contributed by atoms with E-state index in [1.807, 2.05) is 23.1 Å². The summed E-state index contributed by atoms with van der Waals surface area (Å²) in [6, 6.07) is 8.13. The quantitative estimate of drug-likeness (QED) is 0.526. The number of hydrogen-bond donors (Lipinski definition) is 0. The molecular weight excluding hydrogens is 372 g/mol. The van der Waals surface area contributed by atoms with Crippen molar-refractivity contribution in [2.75, 3.05) is 54.1 Å². The molecule has 1 saturated heterocycles. The molecule has 1 amide bonds. The van der Waals surface area contributed by atoms with E-state index in [9.17, 15) is 9.59 Å². The van der Waals surface area contributed by atoms with E-state index in [4.69, 9.17) is 9.47 Å². The van der Waals surface area contributed by atoms with Gasteiger partial charge in [-0.25, -0.2) is 0 Å². The summed E-state index contributed by atoms with van der Waals surface area (Å²) >= 11 is 0. The molecule has 0 atom stereocenters. The largest absolute Gasteiger partial charge is 0.496 e. The Morgan fingerprint density at radius 2 is 1.83 bits per heavy atom. The van der Waals surface area contributed by atoms with Gasteiger partial charge in [-0.15, -0.1) is 0 Å². The second kappa shape index (κ2) is 12.4. The minimum atomic E-state index is -0.352. The van der Waals surface area contributed by atoms with Crippen LogP contribution in [0.3, 0.4) is 0 Å². The van der Waals surface area contributed by atoms with E-state index < -0.39 is 0 Å². The normalized spacial score (nSPS) is 15.1. The zero-order valence-corrected chi connectivity index (χ0v) is 17.9. The number of methoxy groups -OCH3 is 3. The van der Waals surface area contributed by atoms with Crippen LogP contribution in [0.4, 0.5) is 0 Å². The Morgan fingerprint density at radius 1 is 1.10 bits per heavy atom. The molecular formula is C22H34N2O5. The van der Waals surface area contributed by atoms with Crippen LogP contribution in [0.5, 0.6) is 5.75 Å². The van der Waals surface area contributed by atoms with Gasteiger partial charge in [0.2, 0.25) is 5.91 Å². The van der Waals surface area contributed by atoms with Gasteiger partial charge in [-0.05, 0) is 37.9 Å². The van der Waals surface area contributed by atoms with Crippen molar-refractivity contribution in [3.8, 4) is 5.75 Å². The summed E-state index contributed by atoms with van der Waals surface area (Å²) in [5.41, 5.74) is 1.20. The van der Waals surface area contributed by atoms with Gasteiger partial charge in [0.05, 0.1) is 27.2 Å². The number of rotatable bonds is 11. The average Bonchev–Trinajstić information content (AvgIpc) is 2.76. The van der Waals surface area contributed by atoms with Crippen molar-refractivity contribution in [3.63, 3.8) is 0 Å². The Bertz CT molecular complexity index is 644. The molecule has 7 nitrogen and oxygen atoms in total. The van der Waals surface area contributed by atoms with Crippen LogP contribution in [0.25, 0.3) is 0 Å². The van der Waals surface area contributed by atoms with Gasteiger partial charge in [-0.3, -0.25) is 14.5 Å². The maximum Gasteiger partial charge on any atom is 0.306 e. The van der Waals surface area contributed by atoms with Crippen molar-refractivity contribution < 1.29 is 23.8 Å². The van der Waals surface area contributed by atoms with Gasteiger partial charge >= 0.3 is 5.97 Å². The van der Waals surface area contributed by atoms with E-state index in [-0.39, 0.29) is 24.7 Å². The number of likely N-dealkylation sites (tertiary alicyclic amines) is 1. The van der Waals surface area contributed by atoms with Gasteiger partial charge in [0.25, 0.3) is 0 Å². The van der Waals surface area contributed by atoms with E-state index in [0.29, 0.717) is 25.6 Å². The lowest BCUT2D eigenvalue weighted by Gasteiger charge is -2.35. The summed E-state index contributed by atoms with van der Waals surface area (Å²) in [5.74, 6) is 1.03. The highest BCUT2D eigenvalue weighted by Crippen LogP contribution is 2.24. The number of esters is 1. The molecule has 0 unspecified atom stereocenters. The second-order valence-electron chi connectivity index (χ2n) is 7.44. The van der Waals surface area contributed by atoms with Crippen molar-refractivity contribution in [2.45, 2.75) is 32.2 Å². The molecule has 7 heteroatoms. The maximum atomic E-state index is 12.6. The van der Waals surface area contributed by atoms with E-state index >= 15 is 0 Å². The molecule has 1 aromatic rings. The standard InChI is InChI=1S/C22H34N2O5/c1-27-15-14-24(21(25)8-9-22(26)29-3)16-18-10-12-23(13-11-18)17-19-6-4-5-7-20(19)28-2/h4-7,18H,8-17H2,1-3H3. The topological polar surface area (TPSA) is 68.3 Å². The number of benzene rings is 1. The minimum Gasteiger partial charge on any atom is -0.496 e. The first-order valence-electron chi connectivity index (χ1n) is 10.2. The third-order valence-electron chi connectivity index (χ3n) is 5.46. The summed E-state index contributed by atoms with van der Waals surface area (Å²) in [6.45, 7) is 4.64. The number of para-hydroxylation sites is 1. The summed E-state index contributed by atoms with van der Waals surface area (Å²) in [7, 11) is 4.68. The van der Waals surface area contributed by atoms with Gasteiger partial charge in [0.1, 0.15) is 5.75 Å². The number of amides is 1. The van der Waals surface area contributed by atoms with Crippen LogP contribution in [0.1, 0.15) is 31.2 Å². The zero-order chi connectivity index (χ0) is 21.1. The number of carbonyl (C=O) groups is 2. The van der Waals surface area contributed by atoms with Gasteiger partial charge < -0.3 is 19.1 Å². The Labute approximate surface area is 173 Å². The predicted molar refractivity (Wildman–Crippen MR) is 111 cm³/mol. The van der Waals surface area contributed by atoms with Crippen molar-refractivity contribution in [3.05, 3.63) is 29.8 Å². The van der Waals surface area contributed by atoms with E-state index in [2.05, 4.69) is 15.7 Å². The third-order valence-corrected chi connectivity index (χ3v) is 5.46. The summed E-state index contributed by atoms with van der Waals surface area (Å²) in [4.78, 5) is 28.2. The van der Waals surface area contributed by atoms with E-state index in [1.165, 1.54) is 12.7 Å². The fraction of sp³-hybridized carbons (Fsp3) is 0.636. The van der Waals surface area contributed by atoms with Gasteiger partial charge in [-0.1, -0.05) is 18.2 Å². The predicted octanol–water partition coefficient (Wildman–Crippen LogP) is 2.34. The SMILES string of the molecule is COCCN(CC1CCN(Cc2ccccc2OC)CC1)C(=O)CCC(=O)OC. The monoisotopic (exact) mass is 406 g/mol. The highest BCUT2D eigenvalue weighted by Gasteiger charge is 2.24. The lowest BCUT2D eigenvalue weighted by atomic mass is 9.95. The van der Waals surface area contributed by atoms with E-state index in [1.54, 1.807) is 14.2 Å². The van der Waals surface area contributed by atoms with Crippen LogP contribution < -0.4 is 4.74 Å². The summed E-state index contributed by atoms with van der Waals surface area (Å²) in [5, 5.41) is 0. The van der Waals surface area contributed by atoms with Crippen molar-refractivity contribution in [1.82, 2.24) is 9.80 Å². The molecule has 162 valence electrons. The number of piperidine rings is 1. The first kappa shape index (κ1) is 23.2. The minimum absolute atomic E-state index is 0.0103. The molecule has 1 aromatic carbocycles. The molecule has 0 aliphatic carbocycles. The molecule has 0 bridgehead atoms. The van der Waals surface area contributed by atoms with E-state index in [0.717, 1.165) is 38.2 Å². The summed E-state index contributed by atoms with van der Waals surface area (Å²) < 4.78 is 15.3. The van der Waals surface area contributed by atoms with Crippen LogP contribution in [0.15, 0.2) is 24.3 Å². The Morgan fingerprint density at radius 3 is 2.48 bits per heavy atom. The lowest BCUT2D eigenvalue weighted by molar-refractivity contribution is -0.144. The van der Waals surface area contributed by atoms with Crippen LogP contribution in [0, 0.1) is 5.92 Å². The number of ether oxygens (including phenoxy) is 3. The number of carbonyl (C=O) groups excluding carboxylic acids is 2. The molecule has 1 heterocycles. The van der Waals surface area contributed by atoms with Crippen LogP contribution in [0.2, 0.25) is 0 Å². The molecule has 2 rings (SSSR count). The zero-order valence-electron chi connectivity index (χ0n) is 17.9. The smallest absolute Gasteiger partial charge is 0.306 e. The second-order valence-corrected chi connectivity index (χ2v) is 7.44. The molecule has 1 fully saturated rings.